The van der Waals surface area contributed by atoms with E-state index < -0.39 is 0 Å². The zero-order valence-corrected chi connectivity index (χ0v) is 9.18. The molecule has 0 spiro atoms. The predicted molar refractivity (Wildman–Crippen MR) is 35.5 cm³/mol. The number of carbonyl (C=O) groups excluding carboxylic acids is 1. The molecule has 0 aromatic carbocycles. The first kappa shape index (κ1) is 10.6. The third-order valence-corrected chi connectivity index (χ3v) is 1.58. The molecule has 1 aliphatic heterocycles. The molecule has 1 fully saturated rings. The van der Waals surface area contributed by atoms with E-state index in [0.717, 1.165) is 19.4 Å². The fourth-order valence-electron chi connectivity index (χ4n) is 1.03. The van der Waals surface area contributed by atoms with Gasteiger partial charge in [0.2, 0.25) is 0 Å². The number of hydrogen-bond donors (Lipinski definition) is 0. The molecule has 10 heavy (non-hydrogen) atoms. The summed E-state index contributed by atoms with van der Waals surface area (Å²) in [6.07, 6.45) is 2.86. The average molecular weight is 215 g/mol. The van der Waals surface area contributed by atoms with Gasteiger partial charge in [0.1, 0.15) is 0 Å². The Morgan fingerprint density at radius 2 is 2.40 bits per heavy atom. The van der Waals surface area contributed by atoms with Gasteiger partial charge in [-0.1, -0.05) is 13.3 Å². The van der Waals surface area contributed by atoms with E-state index in [-0.39, 0.29) is 38.6 Å². The van der Waals surface area contributed by atoms with Gasteiger partial charge < -0.3 is 4.90 Å². The molecule has 55 valence electrons. The molecule has 0 aliphatic carbocycles. The topological polar surface area (TPSA) is 20.3 Å². The Morgan fingerprint density at radius 1 is 1.70 bits per heavy atom. The second kappa shape index (κ2) is 5.25. The normalized spacial score (nSPS) is 16.7. The molecule has 0 unspecified atom stereocenters. The minimum Gasteiger partial charge on any atom is -0.493 e. The summed E-state index contributed by atoms with van der Waals surface area (Å²) in [6, 6.07) is 0. The van der Waals surface area contributed by atoms with Crippen molar-refractivity contribution in [1.82, 2.24) is 4.90 Å². The van der Waals surface area contributed by atoms with Crippen LogP contribution in [0.4, 0.5) is 0 Å². The predicted octanol–water partition coefficient (Wildman–Crippen LogP) is 1.18. The van der Waals surface area contributed by atoms with Crippen molar-refractivity contribution in [2.45, 2.75) is 26.2 Å². The van der Waals surface area contributed by atoms with Gasteiger partial charge in [0.25, 0.3) is 0 Å². The Morgan fingerprint density at radius 3 is 2.80 bits per heavy atom. The fourth-order valence-corrected chi connectivity index (χ4v) is 1.03. The van der Waals surface area contributed by atoms with Gasteiger partial charge in [0.15, 0.2) is 5.91 Å². The van der Waals surface area contributed by atoms with Gasteiger partial charge in [-0.2, -0.15) is 6.42 Å². The standard InChI is InChI=1S/C7H12NO.Y/c1-2-7(9)8-5-3-4-6-8;/h5H,2-4,6H2,1H3;/q-1;. The third-order valence-electron chi connectivity index (χ3n) is 1.58. The van der Waals surface area contributed by atoms with Crippen molar-refractivity contribution in [3.63, 3.8) is 0 Å². The summed E-state index contributed by atoms with van der Waals surface area (Å²) in [5.41, 5.74) is 0. The molecule has 0 bridgehead atoms. The van der Waals surface area contributed by atoms with Crippen molar-refractivity contribution in [3.05, 3.63) is 6.54 Å². The van der Waals surface area contributed by atoms with Crippen molar-refractivity contribution in [2.24, 2.45) is 0 Å². The Hall–Kier alpha value is 0.574. The number of carbonyl (C=O) groups is 1. The van der Waals surface area contributed by atoms with E-state index in [1.807, 2.05) is 18.4 Å². The van der Waals surface area contributed by atoms with Crippen LogP contribution >= 0.6 is 0 Å². The second-order valence-electron chi connectivity index (χ2n) is 2.27. The maximum absolute atomic E-state index is 10.9. The fraction of sp³-hybridized carbons (Fsp3) is 0.714. The van der Waals surface area contributed by atoms with Crippen molar-refractivity contribution in [2.75, 3.05) is 6.54 Å². The zero-order valence-electron chi connectivity index (χ0n) is 6.34. The Labute approximate surface area is 87.2 Å². The maximum Gasteiger partial charge on any atom is 0.193 e. The van der Waals surface area contributed by atoms with E-state index in [1.54, 1.807) is 0 Å². The molecule has 0 N–H and O–H groups in total. The molecule has 2 nitrogen and oxygen atoms in total. The van der Waals surface area contributed by atoms with Gasteiger partial charge in [0, 0.05) is 39.1 Å². The molecule has 0 saturated carbocycles. The molecule has 0 atom stereocenters. The molecule has 1 aliphatic rings. The van der Waals surface area contributed by atoms with E-state index in [1.165, 1.54) is 0 Å². The van der Waals surface area contributed by atoms with Crippen LogP contribution in [0.3, 0.4) is 0 Å². The summed E-state index contributed by atoms with van der Waals surface area (Å²) >= 11 is 0. The summed E-state index contributed by atoms with van der Waals surface area (Å²) < 4.78 is 0. The zero-order chi connectivity index (χ0) is 6.69. The maximum atomic E-state index is 10.9. The second-order valence-corrected chi connectivity index (χ2v) is 2.27. The van der Waals surface area contributed by atoms with Gasteiger partial charge >= 0.3 is 0 Å². The van der Waals surface area contributed by atoms with Crippen LogP contribution in [-0.4, -0.2) is 17.4 Å². The monoisotopic (exact) mass is 215 g/mol. The number of amides is 1. The van der Waals surface area contributed by atoms with Gasteiger partial charge in [0.05, 0.1) is 0 Å². The Kier molecular flexibility index (Phi) is 5.56. The quantitative estimate of drug-likeness (QED) is 0.601. The van der Waals surface area contributed by atoms with Crippen molar-refractivity contribution >= 4 is 5.91 Å². The molecule has 1 heterocycles. The van der Waals surface area contributed by atoms with Crippen molar-refractivity contribution in [1.29, 1.82) is 0 Å². The van der Waals surface area contributed by atoms with Gasteiger partial charge in [-0.25, -0.2) is 6.54 Å². The van der Waals surface area contributed by atoms with Gasteiger partial charge in [-0.15, -0.1) is 0 Å². The molecular weight excluding hydrogens is 203 g/mol. The summed E-state index contributed by atoms with van der Waals surface area (Å²) in [7, 11) is 0. The first-order valence-corrected chi connectivity index (χ1v) is 3.47. The van der Waals surface area contributed by atoms with Crippen molar-refractivity contribution in [3.8, 4) is 0 Å². The average Bonchev–Trinajstić information content (AvgIpc) is 2.37. The number of likely N-dealkylation sites (tertiary alicyclic amines) is 1. The van der Waals surface area contributed by atoms with E-state index in [4.69, 9.17) is 0 Å². The summed E-state index contributed by atoms with van der Waals surface area (Å²) in [5.74, 6) is 0.257. The van der Waals surface area contributed by atoms with Crippen LogP contribution in [0.15, 0.2) is 0 Å². The third kappa shape index (κ3) is 2.67. The molecule has 0 aromatic rings. The molecule has 1 rings (SSSR count). The van der Waals surface area contributed by atoms with Crippen LogP contribution in [-0.2, 0) is 37.5 Å². The summed E-state index contributed by atoms with van der Waals surface area (Å²) in [6.45, 7) is 4.83. The van der Waals surface area contributed by atoms with Gasteiger partial charge in [-0.05, 0) is 6.54 Å². The van der Waals surface area contributed by atoms with Crippen LogP contribution in [0, 0.1) is 6.54 Å². The summed E-state index contributed by atoms with van der Waals surface area (Å²) in [5, 5.41) is 0. The minimum absolute atomic E-state index is 0. The van der Waals surface area contributed by atoms with Crippen LogP contribution in [0.2, 0.25) is 0 Å². The van der Waals surface area contributed by atoms with Crippen LogP contribution < -0.4 is 0 Å². The Balaban J connectivity index is 0.000000810. The molecule has 0 aromatic heterocycles. The van der Waals surface area contributed by atoms with Crippen LogP contribution in [0.1, 0.15) is 26.2 Å². The van der Waals surface area contributed by atoms with Gasteiger partial charge in [-0.3, -0.25) is 4.79 Å². The molecule has 1 saturated heterocycles. The van der Waals surface area contributed by atoms with Crippen LogP contribution in [0.25, 0.3) is 0 Å². The molecular formula is C7H12NOY-. The largest absolute Gasteiger partial charge is 0.493 e. The molecule has 1 amide bonds. The number of rotatable bonds is 1. The van der Waals surface area contributed by atoms with Crippen LogP contribution in [0.5, 0.6) is 0 Å². The van der Waals surface area contributed by atoms with E-state index in [2.05, 4.69) is 0 Å². The van der Waals surface area contributed by atoms with E-state index >= 15 is 0 Å². The Bertz CT molecular complexity index is 110. The van der Waals surface area contributed by atoms with E-state index in [0.29, 0.717) is 6.42 Å². The number of nitrogens with zero attached hydrogens (tertiary/aromatic N) is 1. The SMILES string of the molecule is CCC(=O)N1[CH-]CCC1.[Y]. The summed E-state index contributed by atoms with van der Waals surface area (Å²) in [4.78, 5) is 12.7. The smallest absolute Gasteiger partial charge is 0.193 e. The van der Waals surface area contributed by atoms with Crippen molar-refractivity contribution < 1.29 is 37.5 Å². The van der Waals surface area contributed by atoms with E-state index in [9.17, 15) is 4.79 Å². The number of hydrogen-bond acceptors (Lipinski definition) is 1. The minimum atomic E-state index is 0. The molecule has 1 radical (unpaired) electrons. The first-order chi connectivity index (χ1) is 4.34. The first-order valence-electron chi connectivity index (χ1n) is 3.47. The molecule has 3 heteroatoms.